The molecule has 0 unspecified atom stereocenters. The Morgan fingerprint density at radius 2 is 2.22 bits per heavy atom. The lowest BCUT2D eigenvalue weighted by Gasteiger charge is -2.14. The van der Waals surface area contributed by atoms with Crippen LogP contribution in [-0.4, -0.2) is 28.5 Å². The molecule has 1 atom stereocenters. The number of aryl methyl sites for hydroxylation is 2. The van der Waals surface area contributed by atoms with Crippen molar-refractivity contribution in [3.63, 3.8) is 0 Å². The van der Waals surface area contributed by atoms with Crippen molar-refractivity contribution in [1.29, 1.82) is 0 Å². The van der Waals surface area contributed by atoms with Gasteiger partial charge in [0.1, 0.15) is 17.7 Å². The van der Waals surface area contributed by atoms with Gasteiger partial charge in [-0.15, -0.1) is 0 Å². The summed E-state index contributed by atoms with van der Waals surface area (Å²) in [5.41, 5.74) is 3.38. The van der Waals surface area contributed by atoms with Crippen molar-refractivity contribution in [3.05, 3.63) is 65.3 Å². The Balaban J connectivity index is 1.57. The van der Waals surface area contributed by atoms with Gasteiger partial charge >= 0.3 is 0 Å². The van der Waals surface area contributed by atoms with Crippen LogP contribution in [0.3, 0.4) is 0 Å². The highest BCUT2D eigenvalue weighted by Crippen LogP contribution is 2.39. The molecule has 0 bridgehead atoms. The minimum atomic E-state index is -0.352. The summed E-state index contributed by atoms with van der Waals surface area (Å²) >= 11 is 0. The third-order valence-corrected chi connectivity index (χ3v) is 4.43. The minimum Gasteiger partial charge on any atom is -0.487 e. The summed E-state index contributed by atoms with van der Waals surface area (Å²) in [6.07, 6.45) is 3.32. The second-order valence-electron chi connectivity index (χ2n) is 6.52. The second kappa shape index (κ2) is 6.83. The van der Waals surface area contributed by atoms with Crippen LogP contribution in [0.4, 0.5) is 4.39 Å². The van der Waals surface area contributed by atoms with Crippen LogP contribution < -0.4 is 10.1 Å². The van der Waals surface area contributed by atoms with E-state index in [4.69, 9.17) is 9.15 Å². The number of fused-ring (bicyclic) bond motifs is 1. The number of hydrogen-bond donors (Lipinski definition) is 1. The fraction of sp³-hybridized carbons (Fsp3) is 0.250. The van der Waals surface area contributed by atoms with E-state index in [1.54, 1.807) is 18.3 Å². The number of carbonyl (C=O) groups excluding carboxylic acids is 1. The molecule has 0 aliphatic carbocycles. The second-order valence-corrected chi connectivity index (χ2v) is 6.52. The lowest BCUT2D eigenvalue weighted by molar-refractivity contribution is 0.0906. The van der Waals surface area contributed by atoms with E-state index in [-0.39, 0.29) is 30.1 Å². The van der Waals surface area contributed by atoms with Crippen molar-refractivity contribution in [2.45, 2.75) is 26.4 Å². The van der Waals surface area contributed by atoms with Crippen molar-refractivity contribution in [2.75, 3.05) is 6.54 Å². The molecular formula is C20H18FN3O3. The highest BCUT2D eigenvalue weighted by molar-refractivity contribution is 5.91. The maximum absolute atomic E-state index is 14.2. The summed E-state index contributed by atoms with van der Waals surface area (Å²) in [5.74, 6) is 0.168. The van der Waals surface area contributed by atoms with E-state index in [1.807, 2.05) is 13.8 Å². The van der Waals surface area contributed by atoms with Crippen molar-refractivity contribution in [1.82, 2.24) is 15.3 Å². The lowest BCUT2D eigenvalue weighted by Crippen LogP contribution is -2.34. The fourth-order valence-electron chi connectivity index (χ4n) is 3.18. The topological polar surface area (TPSA) is 77.2 Å². The summed E-state index contributed by atoms with van der Waals surface area (Å²) < 4.78 is 25.3. The van der Waals surface area contributed by atoms with E-state index >= 15 is 0 Å². The quantitative estimate of drug-likeness (QED) is 0.766. The maximum atomic E-state index is 14.2. The molecule has 1 aliphatic rings. The smallest absolute Gasteiger partial charge is 0.287 e. The summed E-state index contributed by atoms with van der Waals surface area (Å²) in [5, 5.41) is 2.78. The SMILES string of the molecule is Cc1cnc(C)c(-c2cc(F)cc3c2O[C@H](CNC(=O)c2ccco2)C3)n1. The highest BCUT2D eigenvalue weighted by atomic mass is 19.1. The summed E-state index contributed by atoms with van der Waals surface area (Å²) in [4.78, 5) is 20.8. The molecule has 1 aromatic carbocycles. The molecule has 0 saturated carbocycles. The van der Waals surface area contributed by atoms with Crippen LogP contribution in [0.5, 0.6) is 5.75 Å². The van der Waals surface area contributed by atoms with Gasteiger partial charge in [-0.05, 0) is 38.1 Å². The average molecular weight is 367 g/mol. The lowest BCUT2D eigenvalue weighted by atomic mass is 10.0. The zero-order chi connectivity index (χ0) is 19.0. The molecule has 2 aromatic heterocycles. The normalized spacial score (nSPS) is 15.3. The van der Waals surface area contributed by atoms with E-state index in [2.05, 4.69) is 15.3 Å². The zero-order valence-electron chi connectivity index (χ0n) is 15.0. The number of carbonyl (C=O) groups is 1. The third kappa shape index (κ3) is 3.40. The van der Waals surface area contributed by atoms with Crippen molar-refractivity contribution in [2.24, 2.45) is 0 Å². The van der Waals surface area contributed by atoms with Gasteiger partial charge in [-0.2, -0.15) is 0 Å². The minimum absolute atomic E-state index is 0.239. The number of hydrogen-bond acceptors (Lipinski definition) is 5. The van der Waals surface area contributed by atoms with Crippen LogP contribution in [0.2, 0.25) is 0 Å². The first-order chi connectivity index (χ1) is 13.0. The number of amides is 1. The number of nitrogens with zero attached hydrogens (tertiary/aromatic N) is 2. The number of rotatable bonds is 4. The predicted molar refractivity (Wildman–Crippen MR) is 96.1 cm³/mol. The Hall–Kier alpha value is -3.22. The molecule has 6 nitrogen and oxygen atoms in total. The molecule has 0 spiro atoms. The number of aromatic nitrogens is 2. The largest absolute Gasteiger partial charge is 0.487 e. The molecule has 1 amide bonds. The number of ether oxygens (including phenoxy) is 1. The first-order valence-corrected chi connectivity index (χ1v) is 8.62. The monoisotopic (exact) mass is 367 g/mol. The van der Waals surface area contributed by atoms with Crippen LogP contribution in [0.1, 0.15) is 27.5 Å². The van der Waals surface area contributed by atoms with Gasteiger partial charge in [0.05, 0.1) is 29.9 Å². The Bertz CT molecular complexity index is 1000. The number of halogens is 1. The van der Waals surface area contributed by atoms with Crippen LogP contribution >= 0.6 is 0 Å². The molecule has 4 rings (SSSR count). The number of benzene rings is 1. The number of nitrogens with one attached hydrogen (secondary N) is 1. The zero-order valence-corrected chi connectivity index (χ0v) is 15.0. The van der Waals surface area contributed by atoms with Gasteiger partial charge < -0.3 is 14.5 Å². The fourth-order valence-corrected chi connectivity index (χ4v) is 3.18. The summed E-state index contributed by atoms with van der Waals surface area (Å²) in [7, 11) is 0. The van der Waals surface area contributed by atoms with Crippen LogP contribution in [0.15, 0.2) is 41.1 Å². The molecule has 1 N–H and O–H groups in total. The van der Waals surface area contributed by atoms with Gasteiger partial charge in [0, 0.05) is 23.7 Å². The molecule has 7 heteroatoms. The Labute approximate surface area is 155 Å². The maximum Gasteiger partial charge on any atom is 0.287 e. The van der Waals surface area contributed by atoms with E-state index in [9.17, 15) is 9.18 Å². The first-order valence-electron chi connectivity index (χ1n) is 8.62. The van der Waals surface area contributed by atoms with E-state index in [1.165, 1.54) is 18.4 Å². The summed E-state index contributed by atoms with van der Waals surface area (Å²) in [6.45, 7) is 3.95. The molecule has 138 valence electrons. The van der Waals surface area contributed by atoms with Crippen molar-refractivity contribution >= 4 is 5.91 Å². The Kier molecular flexibility index (Phi) is 4.35. The predicted octanol–water partition coefficient (Wildman–Crippen LogP) is 3.23. The third-order valence-electron chi connectivity index (χ3n) is 4.43. The Morgan fingerprint density at radius 1 is 1.37 bits per heavy atom. The Morgan fingerprint density at radius 3 is 3.00 bits per heavy atom. The van der Waals surface area contributed by atoms with Gasteiger partial charge in [-0.1, -0.05) is 0 Å². The van der Waals surface area contributed by atoms with Crippen LogP contribution in [-0.2, 0) is 6.42 Å². The molecule has 27 heavy (non-hydrogen) atoms. The van der Waals surface area contributed by atoms with Gasteiger partial charge in [-0.3, -0.25) is 9.78 Å². The van der Waals surface area contributed by atoms with Crippen molar-refractivity contribution in [3.8, 4) is 17.0 Å². The van der Waals surface area contributed by atoms with Gasteiger partial charge in [0.2, 0.25) is 0 Å². The van der Waals surface area contributed by atoms with E-state index in [0.717, 1.165) is 11.3 Å². The molecule has 0 radical (unpaired) electrons. The molecule has 3 aromatic rings. The average Bonchev–Trinajstić information content (AvgIpc) is 3.30. The molecule has 1 aliphatic heterocycles. The van der Waals surface area contributed by atoms with Gasteiger partial charge in [0.25, 0.3) is 5.91 Å². The van der Waals surface area contributed by atoms with E-state index in [0.29, 0.717) is 29.1 Å². The highest BCUT2D eigenvalue weighted by Gasteiger charge is 2.28. The van der Waals surface area contributed by atoms with Crippen LogP contribution in [0, 0.1) is 19.7 Å². The summed E-state index contributed by atoms with van der Waals surface area (Å²) in [6, 6.07) is 6.12. The van der Waals surface area contributed by atoms with Crippen molar-refractivity contribution < 1.29 is 18.3 Å². The number of furan rings is 1. The molecular weight excluding hydrogens is 349 g/mol. The molecule has 3 heterocycles. The first kappa shape index (κ1) is 17.2. The van der Waals surface area contributed by atoms with E-state index < -0.39 is 0 Å². The van der Waals surface area contributed by atoms with Gasteiger partial charge in [0.15, 0.2) is 5.76 Å². The van der Waals surface area contributed by atoms with Gasteiger partial charge in [-0.25, -0.2) is 9.37 Å². The molecule has 0 fully saturated rings. The van der Waals surface area contributed by atoms with Crippen LogP contribution in [0.25, 0.3) is 11.3 Å². The molecule has 0 saturated heterocycles. The standard InChI is InChI=1S/C20H18FN3O3/c1-11-9-22-12(2)18(24-11)16-8-14(21)6-13-7-15(27-19(13)16)10-23-20(25)17-4-3-5-26-17/h3-6,8-9,15H,7,10H2,1-2H3,(H,23,25)/t15-/m0/s1.